The molecule has 0 unspecified atom stereocenters. The van der Waals surface area contributed by atoms with Gasteiger partial charge in [0.15, 0.2) is 0 Å². The molecule has 0 bridgehead atoms. The zero-order valence-corrected chi connectivity index (χ0v) is 5.78. The second kappa shape index (κ2) is 3.69. The first kappa shape index (κ1) is 8.72. The highest BCUT2D eigenvalue weighted by Crippen LogP contribution is 2.03. The summed E-state index contributed by atoms with van der Waals surface area (Å²) in [5.74, 6) is -1.97. The van der Waals surface area contributed by atoms with Crippen molar-refractivity contribution < 1.29 is 14.3 Å². The van der Waals surface area contributed by atoms with E-state index in [4.69, 9.17) is 23.2 Å². The van der Waals surface area contributed by atoms with Gasteiger partial charge in [0, 0.05) is 0 Å². The summed E-state index contributed by atoms with van der Waals surface area (Å²) < 4.78 is 3.86. The van der Waals surface area contributed by atoms with Crippen LogP contribution in [0.2, 0.25) is 0 Å². The molecule has 0 fully saturated rings. The van der Waals surface area contributed by atoms with Gasteiger partial charge < -0.3 is 4.74 Å². The lowest BCUT2D eigenvalue weighted by atomic mass is 10.7. The fourth-order valence-electron chi connectivity index (χ4n) is 0.157. The number of carbonyl (C=O) groups excluding carboxylic acids is 2. The van der Waals surface area contributed by atoms with Crippen LogP contribution in [0.3, 0.4) is 0 Å². The molecule has 0 spiro atoms. The molecule has 0 saturated heterocycles. The van der Waals surface area contributed by atoms with E-state index in [0.29, 0.717) is 0 Å². The van der Waals surface area contributed by atoms with E-state index in [-0.39, 0.29) is 0 Å². The average molecular weight is 170 g/mol. The van der Waals surface area contributed by atoms with Gasteiger partial charge in [-0.25, -0.2) is 4.79 Å². The Kier molecular flexibility index (Phi) is 3.58. The van der Waals surface area contributed by atoms with E-state index < -0.39 is 16.8 Å². The summed E-state index contributed by atoms with van der Waals surface area (Å²) in [7, 11) is 0. The van der Waals surface area contributed by atoms with Crippen LogP contribution in [-0.4, -0.2) is 16.8 Å². The van der Waals surface area contributed by atoms with Crippen molar-refractivity contribution in [2.75, 3.05) is 0 Å². The molecule has 0 rings (SSSR count). The van der Waals surface area contributed by atoms with Crippen LogP contribution in [-0.2, 0) is 14.3 Å². The molecule has 9 heavy (non-hydrogen) atoms. The lowest BCUT2D eigenvalue weighted by molar-refractivity contribution is -0.154. The van der Waals surface area contributed by atoms with Crippen LogP contribution in [0.5, 0.6) is 0 Å². The first-order valence-electron chi connectivity index (χ1n) is 1.90. The van der Waals surface area contributed by atoms with Gasteiger partial charge in [0.25, 0.3) is 0 Å². The molecule has 51 valence electrons. The van der Waals surface area contributed by atoms with E-state index in [1.54, 1.807) is 0 Å². The summed E-state index contributed by atoms with van der Waals surface area (Å²) in [6, 6.07) is 0. The average Bonchev–Trinajstić information content (AvgIpc) is 1.63. The molecule has 0 aromatic heterocycles. The molecule has 0 aliphatic rings. The third-order valence-electron chi connectivity index (χ3n) is 0.393. The van der Waals surface area contributed by atoms with E-state index in [0.717, 1.165) is 0 Å². The molecule has 0 aliphatic carbocycles. The fraction of sp³-hybridized carbons (Fsp3) is 0.250. The van der Waals surface area contributed by atoms with E-state index in [2.05, 4.69) is 11.7 Å². The summed E-state index contributed by atoms with van der Waals surface area (Å²) >= 11 is 9.97. The minimum absolute atomic E-state index is 0.966. The Bertz CT molecular complexity index is 132. The van der Waals surface area contributed by atoms with Crippen molar-refractivity contribution in [2.24, 2.45) is 0 Å². The maximum absolute atomic E-state index is 10.2. The number of halogens is 2. The number of hydrogen-bond donors (Lipinski definition) is 0. The number of esters is 2. The van der Waals surface area contributed by atoms with Crippen LogP contribution in [0.4, 0.5) is 0 Å². The van der Waals surface area contributed by atoms with Gasteiger partial charge in [-0.1, -0.05) is 23.2 Å². The highest BCUT2D eigenvalue weighted by atomic mass is 35.5. The summed E-state index contributed by atoms with van der Waals surface area (Å²) in [5, 5.41) is 0. The second-order valence-electron chi connectivity index (χ2n) is 1.09. The molecule has 0 N–H and O–H groups in total. The van der Waals surface area contributed by atoms with Gasteiger partial charge >= 0.3 is 11.9 Å². The Morgan fingerprint density at radius 3 is 2.00 bits per heavy atom. The predicted molar refractivity (Wildman–Crippen MR) is 31.9 cm³/mol. The maximum atomic E-state index is 10.2. The minimum Gasteiger partial charge on any atom is -0.391 e. The third-order valence-corrected chi connectivity index (χ3v) is 0.749. The molecule has 3 nitrogen and oxygen atoms in total. The van der Waals surface area contributed by atoms with Gasteiger partial charge in [-0.15, -0.1) is 0 Å². The van der Waals surface area contributed by atoms with Crippen LogP contribution in [0.25, 0.3) is 0 Å². The number of ether oxygens (including phenoxy) is 1. The van der Waals surface area contributed by atoms with Gasteiger partial charge in [0.05, 0.1) is 6.92 Å². The molecule has 0 heterocycles. The molecule has 0 aliphatic heterocycles. The van der Waals surface area contributed by atoms with Crippen LogP contribution in [0, 0.1) is 6.92 Å². The number of alkyl halides is 2. The molecule has 0 aromatic rings. The van der Waals surface area contributed by atoms with Gasteiger partial charge in [0.1, 0.15) is 0 Å². The Morgan fingerprint density at radius 1 is 1.44 bits per heavy atom. The van der Waals surface area contributed by atoms with Crippen molar-refractivity contribution in [1.29, 1.82) is 0 Å². The summed E-state index contributed by atoms with van der Waals surface area (Å²) in [6.07, 6.45) is 0. The quantitative estimate of drug-likeness (QED) is 0.330. The largest absolute Gasteiger partial charge is 0.391 e. The smallest absolute Gasteiger partial charge is 0.347 e. The second-order valence-corrected chi connectivity index (χ2v) is 2.19. The van der Waals surface area contributed by atoms with Gasteiger partial charge in [-0.05, 0) is 0 Å². The molecule has 0 amide bonds. The van der Waals surface area contributed by atoms with E-state index >= 15 is 0 Å². The lowest BCUT2D eigenvalue weighted by Crippen LogP contribution is -2.15. The van der Waals surface area contributed by atoms with Crippen molar-refractivity contribution >= 4 is 35.1 Å². The normalized spacial score (nSPS) is 9.33. The van der Waals surface area contributed by atoms with Gasteiger partial charge in [0.2, 0.25) is 4.84 Å². The number of rotatable bonds is 1. The highest BCUT2D eigenvalue weighted by molar-refractivity contribution is 6.53. The van der Waals surface area contributed by atoms with Crippen LogP contribution < -0.4 is 0 Å². The van der Waals surface area contributed by atoms with E-state index in [1.807, 2.05) is 0 Å². The van der Waals surface area contributed by atoms with Crippen molar-refractivity contribution in [3.63, 3.8) is 0 Å². The predicted octanol–water partition coefficient (Wildman–Crippen LogP) is 0.694. The molecule has 0 atom stereocenters. The minimum atomic E-state index is -1.32. The Hall–Kier alpha value is -0.280. The zero-order chi connectivity index (χ0) is 7.44. The summed E-state index contributed by atoms with van der Waals surface area (Å²) in [5.41, 5.74) is 0. The molecule has 5 heteroatoms. The maximum Gasteiger partial charge on any atom is 0.347 e. The van der Waals surface area contributed by atoms with Crippen LogP contribution in [0.1, 0.15) is 0 Å². The Morgan fingerprint density at radius 2 is 1.89 bits per heavy atom. The zero-order valence-electron chi connectivity index (χ0n) is 4.27. The van der Waals surface area contributed by atoms with Crippen LogP contribution in [0.15, 0.2) is 0 Å². The van der Waals surface area contributed by atoms with Crippen molar-refractivity contribution in [3.05, 3.63) is 6.92 Å². The lowest BCUT2D eigenvalue weighted by Gasteiger charge is -1.96. The van der Waals surface area contributed by atoms with E-state index in [1.165, 1.54) is 0 Å². The molecular formula is C4H3Cl2O3. The monoisotopic (exact) mass is 169 g/mol. The first-order chi connectivity index (χ1) is 4.04. The van der Waals surface area contributed by atoms with Gasteiger partial charge in [-0.3, -0.25) is 4.79 Å². The van der Waals surface area contributed by atoms with Gasteiger partial charge in [-0.2, -0.15) is 0 Å². The van der Waals surface area contributed by atoms with Crippen molar-refractivity contribution in [3.8, 4) is 0 Å². The molecular weight excluding hydrogens is 167 g/mol. The molecule has 0 saturated carbocycles. The summed E-state index contributed by atoms with van der Waals surface area (Å²) in [4.78, 5) is 18.8. The first-order valence-corrected chi connectivity index (χ1v) is 2.77. The van der Waals surface area contributed by atoms with E-state index in [9.17, 15) is 9.59 Å². The fourth-order valence-corrected chi connectivity index (χ4v) is 0.246. The SMILES string of the molecule is [CH2]C(=O)OC(=O)C(Cl)Cl. The Balaban J connectivity index is 3.64. The molecule has 0 aromatic carbocycles. The molecule has 1 radical (unpaired) electrons. The third kappa shape index (κ3) is 4.24. The number of hydrogen-bond acceptors (Lipinski definition) is 3. The summed E-state index contributed by atoms with van der Waals surface area (Å²) in [6.45, 7) is 2.76. The Labute approximate surface area is 61.9 Å². The number of carbonyl (C=O) groups is 2. The van der Waals surface area contributed by atoms with Crippen molar-refractivity contribution in [2.45, 2.75) is 4.84 Å². The van der Waals surface area contributed by atoms with Crippen LogP contribution >= 0.6 is 23.2 Å². The standard InChI is InChI=1S/C4H3Cl2O3/c1-2(7)9-4(8)3(5)6/h3H,1H2. The highest BCUT2D eigenvalue weighted by Gasteiger charge is 2.14. The topological polar surface area (TPSA) is 43.4 Å². The van der Waals surface area contributed by atoms with Crippen molar-refractivity contribution in [1.82, 2.24) is 0 Å².